The van der Waals surface area contributed by atoms with E-state index in [1.807, 2.05) is 6.07 Å². The van der Waals surface area contributed by atoms with Gasteiger partial charge < -0.3 is 14.4 Å². The highest BCUT2D eigenvalue weighted by Crippen LogP contribution is 2.39. The Morgan fingerprint density at radius 2 is 1.96 bits per heavy atom. The largest absolute Gasteiger partial charge is 0.495 e. The maximum Gasteiger partial charge on any atom is 0.410 e. The van der Waals surface area contributed by atoms with E-state index in [0.29, 0.717) is 16.9 Å². The first-order valence-corrected chi connectivity index (χ1v) is 7.94. The minimum atomic E-state index is -1.54. The molecular formula is C18H23FN2O3. The first-order valence-electron chi connectivity index (χ1n) is 7.94. The molecule has 24 heavy (non-hydrogen) atoms. The van der Waals surface area contributed by atoms with Crippen molar-refractivity contribution >= 4 is 6.09 Å². The molecule has 1 fully saturated rings. The Hall–Kier alpha value is -2.29. The van der Waals surface area contributed by atoms with E-state index in [0.717, 1.165) is 0 Å². The predicted octanol–water partition coefficient (Wildman–Crippen LogP) is 3.76. The number of hydrogen-bond acceptors (Lipinski definition) is 4. The molecular weight excluding hydrogens is 311 g/mol. The number of methoxy groups -OCH3 is 1. The molecule has 0 spiro atoms. The number of amides is 1. The summed E-state index contributed by atoms with van der Waals surface area (Å²) in [5, 5.41) is 9.02. The minimum Gasteiger partial charge on any atom is -0.495 e. The summed E-state index contributed by atoms with van der Waals surface area (Å²) in [6, 6.07) is 6.77. The highest BCUT2D eigenvalue weighted by Gasteiger charge is 2.39. The molecule has 0 unspecified atom stereocenters. The maximum absolute atomic E-state index is 15.3. The minimum absolute atomic E-state index is 0.182. The van der Waals surface area contributed by atoms with Gasteiger partial charge in [-0.1, -0.05) is 6.07 Å². The van der Waals surface area contributed by atoms with E-state index in [1.54, 1.807) is 39.0 Å². The van der Waals surface area contributed by atoms with Crippen molar-refractivity contribution < 1.29 is 18.7 Å². The SMILES string of the molecule is COc1cc(C2(F)CCN(C(=O)OC(C)(C)C)CC2)ccc1C#N. The number of ether oxygens (including phenoxy) is 2. The van der Waals surface area contributed by atoms with Crippen molar-refractivity contribution in [2.24, 2.45) is 0 Å². The Balaban J connectivity index is 2.10. The monoisotopic (exact) mass is 334 g/mol. The van der Waals surface area contributed by atoms with Gasteiger partial charge in [0.2, 0.25) is 0 Å². The molecule has 1 saturated heterocycles. The molecule has 0 N–H and O–H groups in total. The predicted molar refractivity (Wildman–Crippen MR) is 87.5 cm³/mol. The summed E-state index contributed by atoms with van der Waals surface area (Å²) < 4.78 is 25.8. The van der Waals surface area contributed by atoms with E-state index in [2.05, 4.69) is 0 Å². The molecule has 0 atom stereocenters. The summed E-state index contributed by atoms with van der Waals surface area (Å²) in [6.45, 7) is 5.98. The molecule has 6 heteroatoms. The number of likely N-dealkylation sites (tertiary alicyclic amines) is 1. The van der Waals surface area contributed by atoms with E-state index in [-0.39, 0.29) is 25.9 Å². The fourth-order valence-corrected chi connectivity index (χ4v) is 2.72. The van der Waals surface area contributed by atoms with Crippen LogP contribution in [0.2, 0.25) is 0 Å². The summed E-state index contributed by atoms with van der Waals surface area (Å²) >= 11 is 0. The van der Waals surface area contributed by atoms with Gasteiger partial charge in [-0.15, -0.1) is 0 Å². The van der Waals surface area contributed by atoms with Gasteiger partial charge in [0.1, 0.15) is 23.1 Å². The number of nitriles is 1. The number of benzene rings is 1. The number of halogens is 1. The zero-order valence-corrected chi connectivity index (χ0v) is 14.6. The molecule has 1 aromatic carbocycles. The van der Waals surface area contributed by atoms with Crippen LogP contribution in [0.15, 0.2) is 18.2 Å². The van der Waals surface area contributed by atoms with Crippen LogP contribution in [0.5, 0.6) is 5.75 Å². The number of alkyl halides is 1. The highest BCUT2D eigenvalue weighted by molar-refractivity contribution is 5.68. The molecule has 0 radical (unpaired) electrons. The van der Waals surface area contributed by atoms with Crippen LogP contribution in [-0.4, -0.2) is 36.8 Å². The summed E-state index contributed by atoms with van der Waals surface area (Å²) in [7, 11) is 1.45. The third-order valence-corrected chi connectivity index (χ3v) is 4.05. The van der Waals surface area contributed by atoms with Crippen molar-refractivity contribution in [1.29, 1.82) is 5.26 Å². The smallest absolute Gasteiger partial charge is 0.410 e. The van der Waals surface area contributed by atoms with Crippen LogP contribution in [0.1, 0.15) is 44.7 Å². The lowest BCUT2D eigenvalue weighted by Gasteiger charge is -2.37. The second-order valence-electron chi connectivity index (χ2n) is 6.96. The van der Waals surface area contributed by atoms with E-state index >= 15 is 4.39 Å². The van der Waals surface area contributed by atoms with Crippen LogP contribution in [0, 0.1) is 11.3 Å². The number of nitrogens with zero attached hydrogens (tertiary/aromatic N) is 2. The van der Waals surface area contributed by atoms with Gasteiger partial charge in [-0.2, -0.15) is 5.26 Å². The van der Waals surface area contributed by atoms with Crippen LogP contribution in [0.4, 0.5) is 9.18 Å². The molecule has 5 nitrogen and oxygen atoms in total. The van der Waals surface area contributed by atoms with Gasteiger partial charge in [-0.05, 0) is 38.5 Å². The van der Waals surface area contributed by atoms with E-state index in [1.165, 1.54) is 12.0 Å². The Labute approximate surface area is 142 Å². The van der Waals surface area contributed by atoms with Crippen molar-refractivity contribution in [2.45, 2.75) is 44.9 Å². The normalized spacial score (nSPS) is 17.1. The number of hydrogen-bond donors (Lipinski definition) is 0. The zero-order valence-electron chi connectivity index (χ0n) is 14.6. The first-order chi connectivity index (χ1) is 11.2. The van der Waals surface area contributed by atoms with Crippen LogP contribution in [0.3, 0.4) is 0 Å². The van der Waals surface area contributed by atoms with Crippen molar-refractivity contribution in [3.8, 4) is 11.8 Å². The third kappa shape index (κ3) is 3.97. The van der Waals surface area contributed by atoms with Gasteiger partial charge in [0.15, 0.2) is 0 Å². The summed E-state index contributed by atoms with van der Waals surface area (Å²) in [5.41, 5.74) is -1.26. The number of carbonyl (C=O) groups excluding carboxylic acids is 1. The fraction of sp³-hybridized carbons (Fsp3) is 0.556. The molecule has 1 aromatic rings. The molecule has 0 aromatic heterocycles. The summed E-state index contributed by atoms with van der Waals surface area (Å²) in [4.78, 5) is 13.6. The van der Waals surface area contributed by atoms with Crippen LogP contribution < -0.4 is 4.74 Å². The Kier molecular flexibility index (Phi) is 5.02. The second-order valence-corrected chi connectivity index (χ2v) is 6.96. The van der Waals surface area contributed by atoms with Gasteiger partial charge in [0, 0.05) is 25.9 Å². The van der Waals surface area contributed by atoms with E-state index in [9.17, 15) is 4.79 Å². The van der Waals surface area contributed by atoms with Crippen LogP contribution >= 0.6 is 0 Å². The average Bonchev–Trinajstić information content (AvgIpc) is 2.53. The molecule has 0 aliphatic carbocycles. The number of carbonyl (C=O) groups is 1. The third-order valence-electron chi connectivity index (χ3n) is 4.05. The summed E-state index contributed by atoms with van der Waals surface area (Å²) in [5.74, 6) is 0.363. The zero-order chi connectivity index (χ0) is 18.0. The molecule has 1 heterocycles. The highest BCUT2D eigenvalue weighted by atomic mass is 19.1. The topological polar surface area (TPSA) is 62.6 Å². The van der Waals surface area contributed by atoms with Crippen molar-refractivity contribution in [3.05, 3.63) is 29.3 Å². The van der Waals surface area contributed by atoms with Gasteiger partial charge in [0.25, 0.3) is 0 Å². The van der Waals surface area contributed by atoms with Gasteiger partial charge in [0.05, 0.1) is 12.7 Å². The second kappa shape index (κ2) is 6.68. The Morgan fingerprint density at radius 3 is 2.46 bits per heavy atom. The quantitative estimate of drug-likeness (QED) is 0.826. The molecule has 1 amide bonds. The van der Waals surface area contributed by atoms with E-state index in [4.69, 9.17) is 14.7 Å². The lowest BCUT2D eigenvalue weighted by molar-refractivity contribution is 0.00216. The molecule has 1 aliphatic rings. The van der Waals surface area contributed by atoms with E-state index < -0.39 is 17.4 Å². The first kappa shape index (κ1) is 18.1. The molecule has 0 saturated carbocycles. The van der Waals surface area contributed by atoms with Crippen LogP contribution in [0.25, 0.3) is 0 Å². The van der Waals surface area contributed by atoms with Gasteiger partial charge in [-0.3, -0.25) is 0 Å². The van der Waals surface area contributed by atoms with Crippen molar-refractivity contribution in [2.75, 3.05) is 20.2 Å². The lowest BCUT2D eigenvalue weighted by Crippen LogP contribution is -2.45. The van der Waals surface area contributed by atoms with Gasteiger partial charge >= 0.3 is 6.09 Å². The average molecular weight is 334 g/mol. The van der Waals surface area contributed by atoms with Gasteiger partial charge in [-0.25, -0.2) is 9.18 Å². The fourth-order valence-electron chi connectivity index (χ4n) is 2.72. The van der Waals surface area contributed by atoms with Crippen molar-refractivity contribution in [3.63, 3.8) is 0 Å². The molecule has 1 aliphatic heterocycles. The standard InChI is InChI=1S/C18H23FN2O3/c1-17(2,3)24-16(22)21-9-7-18(19,8-10-21)14-6-5-13(12-20)15(11-14)23-4/h5-6,11H,7-10H2,1-4H3. The number of piperidine rings is 1. The lowest BCUT2D eigenvalue weighted by atomic mass is 9.85. The molecule has 2 rings (SSSR count). The Bertz CT molecular complexity index is 653. The van der Waals surface area contributed by atoms with Crippen LogP contribution in [-0.2, 0) is 10.4 Å². The number of rotatable bonds is 2. The Morgan fingerprint density at radius 1 is 1.33 bits per heavy atom. The molecule has 130 valence electrons. The van der Waals surface area contributed by atoms with Crippen molar-refractivity contribution in [1.82, 2.24) is 4.90 Å². The maximum atomic E-state index is 15.3. The molecule has 0 bridgehead atoms. The summed E-state index contributed by atoms with van der Waals surface area (Å²) in [6.07, 6.45) is -0.0512.